The predicted molar refractivity (Wildman–Crippen MR) is 101 cm³/mol. The lowest BCUT2D eigenvalue weighted by atomic mass is 9.98. The molecule has 8 heteroatoms. The molecule has 8 nitrogen and oxygen atoms in total. The van der Waals surface area contributed by atoms with Crippen molar-refractivity contribution in [3.63, 3.8) is 0 Å². The van der Waals surface area contributed by atoms with Gasteiger partial charge >= 0.3 is 0 Å². The maximum absolute atomic E-state index is 12.8. The molecule has 0 fully saturated rings. The quantitative estimate of drug-likeness (QED) is 0.488. The van der Waals surface area contributed by atoms with E-state index in [0.717, 1.165) is 11.1 Å². The third-order valence-electron chi connectivity index (χ3n) is 4.90. The average molecular weight is 365 g/mol. The molecule has 0 radical (unpaired) electrons. The summed E-state index contributed by atoms with van der Waals surface area (Å²) in [6.45, 7) is 3.57. The molecule has 1 atom stereocenters. The third kappa shape index (κ3) is 2.69. The van der Waals surface area contributed by atoms with Crippen molar-refractivity contribution in [2.24, 2.45) is 13.0 Å². The van der Waals surface area contributed by atoms with Crippen LogP contribution in [0.15, 0.2) is 24.3 Å². The van der Waals surface area contributed by atoms with Crippen LogP contribution in [0.4, 0.5) is 11.6 Å². The monoisotopic (exact) mass is 365 g/mol. The molecule has 0 saturated carbocycles. The lowest BCUT2D eigenvalue weighted by Gasteiger charge is -2.19. The van der Waals surface area contributed by atoms with Crippen LogP contribution in [-0.2, 0) is 23.1 Å². The second-order valence-electron chi connectivity index (χ2n) is 6.85. The first-order valence-electron chi connectivity index (χ1n) is 8.66. The smallest absolute Gasteiger partial charge is 0.298 e. The molecular weight excluding hydrogens is 346 g/mol. The SMILES string of the molecule is Cc1[nH]c2ccccc2c1C(=O)C(=O)Nc1nn(C)c2c1CC(C)C(=O)N2. The predicted octanol–water partition coefficient (Wildman–Crippen LogP) is 2.16. The van der Waals surface area contributed by atoms with Crippen molar-refractivity contribution < 1.29 is 14.4 Å². The summed E-state index contributed by atoms with van der Waals surface area (Å²) in [5, 5.41) is 10.4. The molecule has 1 aliphatic heterocycles. The molecule has 0 spiro atoms. The van der Waals surface area contributed by atoms with Crippen LogP contribution >= 0.6 is 0 Å². The second kappa shape index (κ2) is 6.08. The van der Waals surface area contributed by atoms with Crippen molar-refractivity contribution >= 4 is 40.1 Å². The van der Waals surface area contributed by atoms with Crippen molar-refractivity contribution in [3.05, 3.63) is 41.1 Å². The molecule has 3 N–H and O–H groups in total. The number of benzene rings is 1. The Morgan fingerprint density at radius 2 is 2.04 bits per heavy atom. The first kappa shape index (κ1) is 17.0. The van der Waals surface area contributed by atoms with Crippen LogP contribution in [0, 0.1) is 12.8 Å². The summed E-state index contributed by atoms with van der Waals surface area (Å²) >= 11 is 0. The van der Waals surface area contributed by atoms with Crippen LogP contribution in [0.2, 0.25) is 0 Å². The molecular formula is C19H19N5O3. The molecule has 3 heterocycles. The Morgan fingerprint density at radius 3 is 2.81 bits per heavy atom. The number of hydrogen-bond acceptors (Lipinski definition) is 4. The Kier molecular flexibility index (Phi) is 3.83. The van der Waals surface area contributed by atoms with Gasteiger partial charge in [0.15, 0.2) is 5.82 Å². The number of aromatic amines is 1. The maximum atomic E-state index is 12.8. The number of H-pyrrole nitrogens is 1. The molecule has 2 aromatic heterocycles. The van der Waals surface area contributed by atoms with Crippen molar-refractivity contribution in [1.29, 1.82) is 0 Å². The van der Waals surface area contributed by atoms with Crippen molar-refractivity contribution in [2.45, 2.75) is 20.3 Å². The highest BCUT2D eigenvalue weighted by atomic mass is 16.2. The van der Waals surface area contributed by atoms with Gasteiger partial charge in [-0.3, -0.25) is 19.1 Å². The van der Waals surface area contributed by atoms with Crippen LogP contribution in [0.1, 0.15) is 28.5 Å². The van der Waals surface area contributed by atoms with Gasteiger partial charge in [-0.2, -0.15) is 5.10 Å². The maximum Gasteiger partial charge on any atom is 0.298 e. The number of ketones is 1. The summed E-state index contributed by atoms with van der Waals surface area (Å²) in [4.78, 5) is 40.4. The number of aromatic nitrogens is 3. The van der Waals surface area contributed by atoms with Crippen LogP contribution in [0.5, 0.6) is 0 Å². The molecule has 138 valence electrons. The summed E-state index contributed by atoms with van der Waals surface area (Å²) in [5.74, 6) is -0.859. The number of amides is 2. The fraction of sp³-hybridized carbons (Fsp3) is 0.263. The van der Waals surface area contributed by atoms with Crippen LogP contribution in [-0.4, -0.2) is 32.4 Å². The summed E-state index contributed by atoms with van der Waals surface area (Å²) in [5.41, 5.74) is 2.52. The normalized spacial score (nSPS) is 16.1. The minimum atomic E-state index is -0.756. The minimum absolute atomic E-state index is 0.0890. The second-order valence-corrected chi connectivity index (χ2v) is 6.85. The number of anilines is 2. The van der Waals surface area contributed by atoms with Gasteiger partial charge in [-0.05, 0) is 19.4 Å². The van der Waals surface area contributed by atoms with Gasteiger partial charge in [0.25, 0.3) is 11.7 Å². The van der Waals surface area contributed by atoms with Crippen LogP contribution < -0.4 is 10.6 Å². The standard InChI is InChI=1S/C19H19N5O3/c1-9-8-12-16(23-24(3)17(12)22-18(9)26)21-19(27)15(25)14-10(2)20-13-7-5-4-6-11(13)14/h4-7,9,20H,8H2,1-3H3,(H,22,26)(H,21,23,27). The molecule has 0 bridgehead atoms. The third-order valence-corrected chi connectivity index (χ3v) is 4.90. The summed E-state index contributed by atoms with van der Waals surface area (Å²) in [7, 11) is 1.68. The number of rotatable bonds is 3. The van der Waals surface area contributed by atoms with E-state index in [4.69, 9.17) is 0 Å². The van der Waals surface area contributed by atoms with Gasteiger partial charge in [-0.1, -0.05) is 25.1 Å². The highest BCUT2D eigenvalue weighted by Crippen LogP contribution is 2.31. The average Bonchev–Trinajstić information content (AvgIpc) is 3.11. The zero-order chi connectivity index (χ0) is 19.3. The zero-order valence-electron chi connectivity index (χ0n) is 15.2. The van der Waals surface area contributed by atoms with Crippen LogP contribution in [0.25, 0.3) is 10.9 Å². The Balaban J connectivity index is 1.65. The fourth-order valence-electron chi connectivity index (χ4n) is 3.50. The van der Waals surface area contributed by atoms with Crippen molar-refractivity contribution in [1.82, 2.24) is 14.8 Å². The first-order chi connectivity index (χ1) is 12.9. The van der Waals surface area contributed by atoms with E-state index >= 15 is 0 Å². The number of Topliss-reactive ketones (excluding diaryl/α,β-unsaturated/α-hetero) is 1. The molecule has 4 rings (SSSR count). The summed E-state index contributed by atoms with van der Waals surface area (Å²) < 4.78 is 1.50. The van der Waals surface area contributed by atoms with E-state index in [-0.39, 0.29) is 11.8 Å². The van der Waals surface area contributed by atoms with E-state index in [1.807, 2.05) is 18.2 Å². The van der Waals surface area contributed by atoms with Crippen LogP contribution in [0.3, 0.4) is 0 Å². The molecule has 0 saturated heterocycles. The van der Waals surface area contributed by atoms with Crippen molar-refractivity contribution in [3.8, 4) is 0 Å². The number of fused-ring (bicyclic) bond motifs is 2. The Labute approximate surface area is 154 Å². The van der Waals surface area contributed by atoms with E-state index in [1.165, 1.54) is 4.68 Å². The number of carbonyl (C=O) groups excluding carboxylic acids is 3. The van der Waals surface area contributed by atoms with Gasteiger partial charge in [0.2, 0.25) is 5.91 Å². The molecule has 0 aliphatic carbocycles. The number of nitrogens with one attached hydrogen (secondary N) is 3. The van der Waals surface area contributed by atoms with E-state index in [9.17, 15) is 14.4 Å². The van der Waals surface area contributed by atoms with Gasteiger partial charge < -0.3 is 15.6 Å². The fourth-order valence-corrected chi connectivity index (χ4v) is 3.50. The Bertz CT molecular complexity index is 1110. The van der Waals surface area contributed by atoms with E-state index < -0.39 is 11.7 Å². The highest BCUT2D eigenvalue weighted by Gasteiger charge is 2.30. The molecule has 1 unspecified atom stereocenters. The number of carbonyl (C=O) groups is 3. The number of para-hydroxylation sites is 1. The zero-order valence-corrected chi connectivity index (χ0v) is 15.2. The van der Waals surface area contributed by atoms with Gasteiger partial charge in [0.05, 0.1) is 5.56 Å². The van der Waals surface area contributed by atoms with Gasteiger partial charge in [0, 0.05) is 35.1 Å². The van der Waals surface area contributed by atoms with Gasteiger partial charge in [0.1, 0.15) is 5.82 Å². The molecule has 27 heavy (non-hydrogen) atoms. The van der Waals surface area contributed by atoms with E-state index in [2.05, 4.69) is 20.7 Å². The van der Waals surface area contributed by atoms with Gasteiger partial charge in [-0.25, -0.2) is 0 Å². The Morgan fingerprint density at radius 1 is 1.30 bits per heavy atom. The first-order valence-corrected chi connectivity index (χ1v) is 8.66. The lowest BCUT2D eigenvalue weighted by molar-refractivity contribution is -0.119. The van der Waals surface area contributed by atoms with Crippen molar-refractivity contribution in [2.75, 3.05) is 10.6 Å². The van der Waals surface area contributed by atoms with E-state index in [1.54, 1.807) is 27.0 Å². The topological polar surface area (TPSA) is 109 Å². The number of nitrogens with zero attached hydrogens (tertiary/aromatic N) is 2. The summed E-state index contributed by atoms with van der Waals surface area (Å²) in [6, 6.07) is 7.35. The molecule has 1 aromatic carbocycles. The molecule has 3 aromatic rings. The van der Waals surface area contributed by atoms with Gasteiger partial charge in [-0.15, -0.1) is 0 Å². The van der Waals surface area contributed by atoms with E-state index in [0.29, 0.717) is 34.7 Å². The summed E-state index contributed by atoms with van der Waals surface area (Å²) in [6.07, 6.45) is 0.449. The molecule has 1 aliphatic rings. The number of hydrogen-bond donors (Lipinski definition) is 3. The molecule has 2 amide bonds. The highest BCUT2D eigenvalue weighted by molar-refractivity contribution is 6.48. The lowest BCUT2D eigenvalue weighted by Crippen LogP contribution is -2.29. The Hall–Kier alpha value is -3.42. The minimum Gasteiger partial charge on any atom is -0.358 e. The number of aryl methyl sites for hydroxylation is 2. The largest absolute Gasteiger partial charge is 0.358 e.